The monoisotopic (exact) mass is 319 g/mol. The normalized spacial score (nSPS) is 20.9. The molecule has 1 amide bonds. The van der Waals surface area contributed by atoms with E-state index in [0.717, 1.165) is 0 Å². The van der Waals surface area contributed by atoms with Gasteiger partial charge in [-0.1, -0.05) is 0 Å². The molecule has 2 atom stereocenters. The van der Waals surface area contributed by atoms with Gasteiger partial charge < -0.3 is 43.9 Å². The molecule has 0 heterocycles. The summed E-state index contributed by atoms with van der Waals surface area (Å²) in [5.41, 5.74) is 0. The quantitative estimate of drug-likeness (QED) is 0.273. The van der Waals surface area contributed by atoms with Crippen LogP contribution >= 0.6 is 15.2 Å². The molecule has 0 aromatic rings. The standard InChI is InChI=1S/C7H17NO9P2/c1-17-5-6(9)8-4-2-3-7(10,18(11,12)13)19(14,15)16/h10H,2-5H2,1H3,(H,8,9)(H2,11,12,13)(H2,14,15,16)/p-2. The van der Waals surface area contributed by atoms with E-state index in [1.54, 1.807) is 0 Å². The zero-order valence-corrected chi connectivity index (χ0v) is 11.8. The van der Waals surface area contributed by atoms with E-state index < -0.39 is 32.6 Å². The molecule has 0 saturated carbocycles. The Labute approximate surface area is 109 Å². The highest BCUT2D eigenvalue weighted by molar-refractivity contribution is 7.70. The van der Waals surface area contributed by atoms with E-state index in [9.17, 15) is 28.8 Å². The van der Waals surface area contributed by atoms with E-state index in [2.05, 4.69) is 10.1 Å². The number of carbonyl (C=O) groups is 1. The summed E-state index contributed by atoms with van der Waals surface area (Å²) in [5, 5.41) is 7.94. The fourth-order valence-corrected chi connectivity index (χ4v) is 3.34. The van der Waals surface area contributed by atoms with Crippen molar-refractivity contribution in [2.75, 3.05) is 20.3 Å². The number of amides is 1. The van der Waals surface area contributed by atoms with E-state index in [0.29, 0.717) is 0 Å². The molecular weight excluding hydrogens is 304 g/mol. The minimum atomic E-state index is -5.74. The summed E-state index contributed by atoms with van der Waals surface area (Å²) < 4.78 is 26.1. The van der Waals surface area contributed by atoms with Crippen LogP contribution in [0.25, 0.3) is 0 Å². The van der Waals surface area contributed by atoms with Gasteiger partial charge in [0, 0.05) is 13.7 Å². The van der Waals surface area contributed by atoms with Gasteiger partial charge in [-0.25, -0.2) is 0 Å². The molecule has 0 aliphatic heterocycles. The van der Waals surface area contributed by atoms with Crippen molar-refractivity contribution in [3.8, 4) is 0 Å². The molecule has 0 aromatic carbocycles. The molecule has 0 saturated heterocycles. The van der Waals surface area contributed by atoms with Crippen LogP contribution in [0.15, 0.2) is 0 Å². The summed E-state index contributed by atoms with van der Waals surface area (Å²) in [6.07, 6.45) is -1.31. The first-order valence-electron chi connectivity index (χ1n) is 5.01. The van der Waals surface area contributed by atoms with Crippen molar-refractivity contribution in [2.24, 2.45) is 0 Å². The van der Waals surface area contributed by atoms with Crippen LogP contribution in [0.1, 0.15) is 12.8 Å². The van der Waals surface area contributed by atoms with Crippen LogP contribution in [-0.4, -0.2) is 46.1 Å². The molecule has 0 bridgehead atoms. The Balaban J connectivity index is 4.53. The third kappa shape index (κ3) is 5.29. The first-order chi connectivity index (χ1) is 8.45. The fraction of sp³-hybridized carbons (Fsp3) is 0.857. The number of aliphatic hydroxyl groups is 1. The third-order valence-corrected chi connectivity index (χ3v) is 5.97. The van der Waals surface area contributed by atoms with Crippen LogP contribution in [0.2, 0.25) is 0 Å². The molecule has 4 N–H and O–H groups in total. The number of nitrogens with one attached hydrogen (secondary N) is 1. The Hall–Kier alpha value is -0.310. The van der Waals surface area contributed by atoms with E-state index in [1.807, 2.05) is 0 Å². The first kappa shape index (κ1) is 18.7. The number of hydrogen-bond acceptors (Lipinski definition) is 7. The van der Waals surface area contributed by atoms with E-state index in [4.69, 9.17) is 9.79 Å². The van der Waals surface area contributed by atoms with E-state index in [1.165, 1.54) is 7.11 Å². The number of ether oxygens (including phenoxy) is 1. The van der Waals surface area contributed by atoms with Gasteiger partial charge in [-0.3, -0.25) is 4.79 Å². The van der Waals surface area contributed by atoms with Crippen molar-refractivity contribution in [2.45, 2.75) is 17.9 Å². The van der Waals surface area contributed by atoms with E-state index in [-0.39, 0.29) is 19.6 Å². The topological polar surface area (TPSA) is 179 Å². The molecule has 19 heavy (non-hydrogen) atoms. The Kier molecular flexibility index (Phi) is 6.80. The Morgan fingerprint density at radius 2 is 1.79 bits per heavy atom. The predicted octanol–water partition coefficient (Wildman–Crippen LogP) is -2.73. The smallest absolute Gasteiger partial charge is 0.245 e. The molecule has 0 radical (unpaired) electrons. The van der Waals surface area contributed by atoms with Crippen molar-refractivity contribution in [3.63, 3.8) is 0 Å². The largest absolute Gasteiger partial charge is 0.776 e. The van der Waals surface area contributed by atoms with Crippen molar-refractivity contribution >= 4 is 21.1 Å². The number of hydrogen-bond donors (Lipinski definition) is 4. The molecule has 0 aliphatic rings. The van der Waals surface area contributed by atoms with Gasteiger partial charge in [0.25, 0.3) is 0 Å². The van der Waals surface area contributed by atoms with Gasteiger partial charge in [0.1, 0.15) is 6.61 Å². The molecule has 12 heteroatoms. The third-order valence-electron chi connectivity index (χ3n) is 2.19. The van der Waals surface area contributed by atoms with Crippen LogP contribution in [0.4, 0.5) is 0 Å². The molecule has 0 spiro atoms. The average molecular weight is 319 g/mol. The van der Waals surface area contributed by atoms with Gasteiger partial charge in [-0.05, 0) is 12.8 Å². The highest BCUT2D eigenvalue weighted by atomic mass is 31.2. The fourth-order valence-electron chi connectivity index (χ4n) is 1.18. The summed E-state index contributed by atoms with van der Waals surface area (Å²) >= 11 is 0. The summed E-state index contributed by atoms with van der Waals surface area (Å²) in [7, 11) is -10.2. The van der Waals surface area contributed by atoms with Gasteiger partial charge in [0.15, 0.2) is 20.3 Å². The Morgan fingerprint density at radius 1 is 1.32 bits per heavy atom. The maximum Gasteiger partial charge on any atom is 0.245 e. The van der Waals surface area contributed by atoms with Gasteiger partial charge in [-0.15, -0.1) is 0 Å². The summed E-state index contributed by atoms with van der Waals surface area (Å²) in [6.45, 7) is -0.422. The zero-order valence-electron chi connectivity index (χ0n) is 10.0. The SMILES string of the molecule is COCC(=O)NCCCC(O)(P(=O)([O-])O)P(=O)([O-])O. The zero-order chi connectivity index (χ0) is 15.3. The number of methoxy groups -OCH3 is 1. The van der Waals surface area contributed by atoms with Crippen molar-refractivity contribution in [1.82, 2.24) is 5.32 Å². The van der Waals surface area contributed by atoms with E-state index >= 15 is 0 Å². The molecule has 0 aromatic heterocycles. The van der Waals surface area contributed by atoms with Crippen LogP contribution in [0, 0.1) is 0 Å². The first-order valence-corrected chi connectivity index (χ1v) is 8.17. The number of rotatable bonds is 8. The molecule has 10 nitrogen and oxygen atoms in total. The molecule has 114 valence electrons. The number of carbonyl (C=O) groups excluding carboxylic acids is 1. The summed E-state index contributed by atoms with van der Waals surface area (Å²) in [4.78, 5) is 49.9. The van der Waals surface area contributed by atoms with Gasteiger partial charge in [-0.2, -0.15) is 0 Å². The highest BCUT2D eigenvalue weighted by Gasteiger charge is 2.46. The lowest BCUT2D eigenvalue weighted by Crippen LogP contribution is -2.38. The lowest BCUT2D eigenvalue weighted by Gasteiger charge is -2.42. The van der Waals surface area contributed by atoms with Crippen LogP contribution < -0.4 is 15.1 Å². The van der Waals surface area contributed by atoms with Crippen molar-refractivity contribution in [3.05, 3.63) is 0 Å². The minimum absolute atomic E-state index is 0.176. The summed E-state index contributed by atoms with van der Waals surface area (Å²) in [5.74, 6) is -0.533. The maximum absolute atomic E-state index is 10.9. The van der Waals surface area contributed by atoms with Crippen molar-refractivity contribution < 1.29 is 43.3 Å². The lowest BCUT2D eigenvalue weighted by molar-refractivity contribution is -0.226. The van der Waals surface area contributed by atoms with Gasteiger partial charge in [0.2, 0.25) is 5.91 Å². The predicted molar refractivity (Wildman–Crippen MR) is 58.7 cm³/mol. The molecule has 0 rings (SSSR count). The Bertz CT molecular complexity index is 377. The van der Waals surface area contributed by atoms with Crippen LogP contribution in [-0.2, 0) is 18.7 Å². The molecule has 0 aliphatic carbocycles. The highest BCUT2D eigenvalue weighted by Crippen LogP contribution is 2.65. The second-order valence-electron chi connectivity index (χ2n) is 3.70. The average Bonchev–Trinajstić information content (AvgIpc) is 2.21. The minimum Gasteiger partial charge on any atom is -0.776 e. The molecule has 0 fully saturated rings. The lowest BCUT2D eigenvalue weighted by atomic mass is 10.3. The van der Waals surface area contributed by atoms with Crippen LogP contribution in [0.5, 0.6) is 0 Å². The maximum atomic E-state index is 10.9. The molecular formula is C7H15NO9P2-2. The second-order valence-corrected chi connectivity index (χ2v) is 7.62. The summed E-state index contributed by atoms with van der Waals surface area (Å²) in [6, 6.07) is 0. The van der Waals surface area contributed by atoms with Gasteiger partial charge >= 0.3 is 0 Å². The molecule has 2 unspecified atom stereocenters. The second kappa shape index (κ2) is 6.92. The van der Waals surface area contributed by atoms with Gasteiger partial charge in [0.05, 0.1) is 0 Å². The van der Waals surface area contributed by atoms with Crippen LogP contribution in [0.3, 0.4) is 0 Å². The Morgan fingerprint density at radius 3 is 2.16 bits per heavy atom. The van der Waals surface area contributed by atoms with Crippen molar-refractivity contribution in [1.29, 1.82) is 0 Å².